The van der Waals surface area contributed by atoms with E-state index in [9.17, 15) is 9.59 Å². The average molecular weight is 435 g/mol. The summed E-state index contributed by atoms with van der Waals surface area (Å²) in [5.41, 5.74) is 1.14. The molecule has 0 radical (unpaired) electrons. The van der Waals surface area contributed by atoms with Gasteiger partial charge in [0.15, 0.2) is 11.6 Å². The highest BCUT2D eigenvalue weighted by molar-refractivity contribution is 5.96. The molecule has 0 aliphatic rings. The highest BCUT2D eigenvalue weighted by atomic mass is 16.6. The van der Waals surface area contributed by atoms with Gasteiger partial charge in [-0.3, -0.25) is 10.4 Å². The van der Waals surface area contributed by atoms with Crippen LogP contribution in [0.5, 0.6) is 0 Å². The van der Waals surface area contributed by atoms with E-state index in [0.29, 0.717) is 22.7 Å². The van der Waals surface area contributed by atoms with Crippen LogP contribution in [0.4, 0.5) is 10.6 Å². The fraction of sp³-hybridized carbons (Fsp3) is 0.227. The van der Waals surface area contributed by atoms with E-state index < -0.39 is 17.7 Å². The second-order valence-corrected chi connectivity index (χ2v) is 7.92. The molecule has 3 aromatic heterocycles. The number of para-hydroxylation sites is 1. The van der Waals surface area contributed by atoms with Crippen molar-refractivity contribution in [2.24, 2.45) is 0 Å². The average Bonchev–Trinajstić information content (AvgIpc) is 3.38. The number of benzene rings is 1. The Morgan fingerprint density at radius 3 is 2.66 bits per heavy atom. The molecule has 1 amide bonds. The predicted octanol–water partition coefficient (Wildman–Crippen LogP) is 4.32. The van der Waals surface area contributed by atoms with Gasteiger partial charge in [0.25, 0.3) is 0 Å². The van der Waals surface area contributed by atoms with E-state index in [1.807, 2.05) is 30.3 Å². The van der Waals surface area contributed by atoms with Gasteiger partial charge in [-0.1, -0.05) is 18.2 Å². The molecule has 0 aliphatic heterocycles. The summed E-state index contributed by atoms with van der Waals surface area (Å²) in [4.78, 5) is 24.4. The van der Waals surface area contributed by atoms with Crippen LogP contribution in [0.25, 0.3) is 22.4 Å². The number of ether oxygens (including phenoxy) is 2. The number of furan rings is 1. The SMILES string of the molecule is CC(C)(C)OC(=O)Nc1ccc(COC(=O)c2cn[nH]c2-c2cc3ccccc3o2)nn1. The number of carbonyl (C=O) groups is 2. The maximum Gasteiger partial charge on any atom is 0.413 e. The summed E-state index contributed by atoms with van der Waals surface area (Å²) in [5.74, 6) is 0.108. The Morgan fingerprint density at radius 1 is 1.12 bits per heavy atom. The molecule has 1 aromatic carbocycles. The number of aromatic nitrogens is 4. The number of aromatic amines is 1. The van der Waals surface area contributed by atoms with Crippen LogP contribution < -0.4 is 5.32 Å². The van der Waals surface area contributed by atoms with Gasteiger partial charge in [-0.15, -0.1) is 10.2 Å². The van der Waals surface area contributed by atoms with E-state index in [4.69, 9.17) is 13.9 Å². The third kappa shape index (κ3) is 4.91. The molecule has 0 fully saturated rings. The molecule has 10 nitrogen and oxygen atoms in total. The van der Waals surface area contributed by atoms with Crippen molar-refractivity contribution in [2.45, 2.75) is 33.0 Å². The molecule has 2 N–H and O–H groups in total. The van der Waals surface area contributed by atoms with Crippen molar-refractivity contribution in [3.63, 3.8) is 0 Å². The van der Waals surface area contributed by atoms with Crippen LogP contribution in [0.15, 0.2) is 53.1 Å². The number of carbonyl (C=O) groups excluding carboxylic acids is 2. The fourth-order valence-corrected chi connectivity index (χ4v) is 2.86. The van der Waals surface area contributed by atoms with Gasteiger partial charge in [0.05, 0.1) is 6.20 Å². The lowest BCUT2D eigenvalue weighted by molar-refractivity contribution is 0.0467. The number of esters is 1. The Morgan fingerprint density at radius 2 is 1.94 bits per heavy atom. The summed E-state index contributed by atoms with van der Waals surface area (Å²) in [6, 6.07) is 12.5. The Balaban J connectivity index is 1.38. The molecular weight excluding hydrogens is 414 g/mol. The van der Waals surface area contributed by atoms with E-state index >= 15 is 0 Å². The summed E-state index contributed by atoms with van der Waals surface area (Å²) >= 11 is 0. The lowest BCUT2D eigenvalue weighted by Gasteiger charge is -2.19. The molecular formula is C22H21N5O5. The fourth-order valence-electron chi connectivity index (χ4n) is 2.86. The van der Waals surface area contributed by atoms with Crippen LogP contribution >= 0.6 is 0 Å². The molecule has 0 aliphatic carbocycles. The van der Waals surface area contributed by atoms with Gasteiger partial charge in [0.2, 0.25) is 0 Å². The van der Waals surface area contributed by atoms with Crippen LogP contribution in [0.2, 0.25) is 0 Å². The normalized spacial score (nSPS) is 11.3. The van der Waals surface area contributed by atoms with Crippen molar-refractivity contribution in [1.82, 2.24) is 20.4 Å². The van der Waals surface area contributed by atoms with Crippen LogP contribution in [0.1, 0.15) is 36.8 Å². The lowest BCUT2D eigenvalue weighted by Crippen LogP contribution is -2.27. The van der Waals surface area contributed by atoms with Gasteiger partial charge in [-0.05, 0) is 45.0 Å². The third-order valence-corrected chi connectivity index (χ3v) is 4.23. The number of anilines is 1. The van der Waals surface area contributed by atoms with Gasteiger partial charge in [0, 0.05) is 5.39 Å². The maximum absolute atomic E-state index is 12.6. The standard InChI is InChI=1S/C22H21N5O5/c1-22(2,3)32-21(29)24-18-9-8-14(25-26-18)12-30-20(28)15-11-23-27-19(15)17-10-13-6-4-5-7-16(13)31-17/h4-11H,12H2,1-3H3,(H,23,27)(H,24,26,29). The van der Waals surface area contributed by atoms with Gasteiger partial charge in [-0.2, -0.15) is 5.10 Å². The zero-order valence-electron chi connectivity index (χ0n) is 17.7. The first-order valence-electron chi connectivity index (χ1n) is 9.80. The van der Waals surface area contributed by atoms with E-state index in [1.54, 1.807) is 26.8 Å². The van der Waals surface area contributed by atoms with Crippen molar-refractivity contribution in [3.8, 4) is 11.5 Å². The van der Waals surface area contributed by atoms with E-state index in [1.165, 1.54) is 12.3 Å². The van der Waals surface area contributed by atoms with Crippen molar-refractivity contribution in [3.05, 3.63) is 59.9 Å². The van der Waals surface area contributed by atoms with Crippen molar-refractivity contribution in [1.29, 1.82) is 0 Å². The van der Waals surface area contributed by atoms with Gasteiger partial charge < -0.3 is 13.9 Å². The smallest absolute Gasteiger partial charge is 0.413 e. The minimum Gasteiger partial charge on any atom is -0.455 e. The minimum atomic E-state index is -0.635. The summed E-state index contributed by atoms with van der Waals surface area (Å²) in [7, 11) is 0. The van der Waals surface area contributed by atoms with Gasteiger partial charge in [-0.25, -0.2) is 9.59 Å². The Labute approximate surface area is 182 Å². The number of nitrogens with one attached hydrogen (secondary N) is 2. The zero-order valence-corrected chi connectivity index (χ0v) is 17.7. The summed E-state index contributed by atoms with van der Waals surface area (Å²) in [6.07, 6.45) is 0.744. The van der Waals surface area contributed by atoms with Crippen molar-refractivity contribution in [2.75, 3.05) is 5.32 Å². The summed E-state index contributed by atoms with van der Waals surface area (Å²) in [5, 5.41) is 18.0. The number of fused-ring (bicyclic) bond motifs is 1. The molecule has 0 saturated heterocycles. The molecule has 32 heavy (non-hydrogen) atoms. The van der Waals surface area contributed by atoms with Gasteiger partial charge in [0.1, 0.15) is 34.7 Å². The Kier molecular flexibility index (Phi) is 5.59. The highest BCUT2D eigenvalue weighted by Gasteiger charge is 2.20. The second kappa shape index (κ2) is 8.50. The van der Waals surface area contributed by atoms with Gasteiger partial charge >= 0.3 is 12.1 Å². The number of amides is 1. The summed E-state index contributed by atoms with van der Waals surface area (Å²) in [6.45, 7) is 5.17. The topological polar surface area (TPSA) is 132 Å². The predicted molar refractivity (Wildman–Crippen MR) is 115 cm³/mol. The van der Waals surface area contributed by atoms with Crippen molar-refractivity contribution >= 4 is 28.8 Å². The first kappa shape index (κ1) is 21.0. The maximum atomic E-state index is 12.6. The molecule has 4 rings (SSSR count). The van der Waals surface area contributed by atoms with Crippen molar-refractivity contribution < 1.29 is 23.5 Å². The lowest BCUT2D eigenvalue weighted by atomic mass is 10.2. The third-order valence-electron chi connectivity index (χ3n) is 4.23. The Bertz CT molecular complexity index is 1220. The highest BCUT2D eigenvalue weighted by Crippen LogP contribution is 2.29. The molecule has 0 atom stereocenters. The summed E-state index contributed by atoms with van der Waals surface area (Å²) < 4.78 is 16.3. The first-order chi connectivity index (χ1) is 15.3. The first-order valence-corrected chi connectivity index (χ1v) is 9.80. The number of hydrogen-bond donors (Lipinski definition) is 2. The van der Waals surface area contributed by atoms with E-state index in [-0.39, 0.29) is 18.0 Å². The molecule has 0 unspecified atom stereocenters. The number of nitrogens with zero attached hydrogens (tertiary/aromatic N) is 3. The molecule has 0 saturated carbocycles. The van der Waals surface area contributed by atoms with Crippen LogP contribution in [0, 0.1) is 0 Å². The van der Waals surface area contributed by atoms with Crippen LogP contribution in [0.3, 0.4) is 0 Å². The number of H-pyrrole nitrogens is 1. The second-order valence-electron chi connectivity index (χ2n) is 7.92. The minimum absolute atomic E-state index is 0.108. The molecule has 0 bridgehead atoms. The molecule has 3 heterocycles. The number of rotatable bonds is 5. The van der Waals surface area contributed by atoms with Crippen LogP contribution in [-0.2, 0) is 16.1 Å². The van der Waals surface area contributed by atoms with E-state index in [2.05, 4.69) is 25.7 Å². The Hall–Kier alpha value is -4.21. The number of hydrogen-bond acceptors (Lipinski definition) is 8. The molecule has 0 spiro atoms. The zero-order chi connectivity index (χ0) is 22.7. The van der Waals surface area contributed by atoms with Crippen LogP contribution in [-0.4, -0.2) is 38.1 Å². The molecule has 10 heteroatoms. The molecule has 164 valence electrons. The monoisotopic (exact) mass is 435 g/mol. The van der Waals surface area contributed by atoms with E-state index in [0.717, 1.165) is 5.39 Å². The largest absolute Gasteiger partial charge is 0.455 e. The molecule has 4 aromatic rings. The quantitative estimate of drug-likeness (QED) is 0.443.